The summed E-state index contributed by atoms with van der Waals surface area (Å²) in [6.07, 6.45) is 0.575. The van der Waals surface area contributed by atoms with Gasteiger partial charge in [0.15, 0.2) is 0 Å². The van der Waals surface area contributed by atoms with Crippen molar-refractivity contribution >= 4 is 33.0 Å². The summed E-state index contributed by atoms with van der Waals surface area (Å²) in [7, 11) is 0. The Morgan fingerprint density at radius 3 is 2.87 bits per heavy atom. The van der Waals surface area contributed by atoms with Crippen molar-refractivity contribution in [2.45, 2.75) is 19.1 Å². The smallest absolute Gasteiger partial charge is 0.0931 e. The molecule has 23 heavy (non-hydrogen) atoms. The van der Waals surface area contributed by atoms with Crippen molar-refractivity contribution in [3.05, 3.63) is 69.6 Å². The van der Waals surface area contributed by atoms with E-state index in [0.29, 0.717) is 6.54 Å². The molecule has 4 heteroatoms. The van der Waals surface area contributed by atoms with Crippen molar-refractivity contribution in [2.75, 3.05) is 13.1 Å². The van der Waals surface area contributed by atoms with Gasteiger partial charge >= 0.3 is 0 Å². The van der Waals surface area contributed by atoms with Gasteiger partial charge in [-0.3, -0.25) is 4.90 Å². The molecule has 3 aromatic rings. The molecule has 4 rings (SSSR count). The highest BCUT2D eigenvalue weighted by Gasteiger charge is 2.21. The Labute approximate surface area is 144 Å². The van der Waals surface area contributed by atoms with Crippen LogP contribution in [0.4, 0.5) is 0 Å². The van der Waals surface area contributed by atoms with Crippen LogP contribution in [-0.2, 0) is 13.0 Å². The van der Waals surface area contributed by atoms with Crippen LogP contribution in [0.2, 0.25) is 5.02 Å². The Hall–Kier alpha value is -1.39. The molecule has 0 amide bonds. The monoisotopic (exact) mass is 343 g/mol. The molecule has 0 aliphatic carbocycles. The summed E-state index contributed by atoms with van der Waals surface area (Å²) >= 11 is 7.78. The summed E-state index contributed by atoms with van der Waals surface area (Å²) in [4.78, 5) is 2.33. The van der Waals surface area contributed by atoms with Gasteiger partial charge in [0.2, 0.25) is 0 Å². The maximum Gasteiger partial charge on any atom is 0.0931 e. The average Bonchev–Trinajstić information content (AvgIpc) is 2.98. The first kappa shape index (κ1) is 15.2. The van der Waals surface area contributed by atoms with Crippen LogP contribution < -0.4 is 0 Å². The molecule has 1 aliphatic heterocycles. The topological polar surface area (TPSA) is 23.5 Å². The number of aliphatic hydroxyl groups is 1. The number of hydrogen-bond acceptors (Lipinski definition) is 3. The Morgan fingerprint density at radius 2 is 2.00 bits per heavy atom. The molecular formula is C19H18ClNOS. The van der Waals surface area contributed by atoms with E-state index in [1.165, 1.54) is 15.8 Å². The molecule has 0 bridgehead atoms. The summed E-state index contributed by atoms with van der Waals surface area (Å²) in [6.45, 7) is 2.57. The zero-order valence-corrected chi connectivity index (χ0v) is 14.3. The largest absolute Gasteiger partial charge is 0.387 e. The molecule has 1 unspecified atom stereocenters. The third-order valence-corrected chi connectivity index (χ3v) is 5.78. The molecule has 2 aromatic carbocycles. The number of benzene rings is 2. The summed E-state index contributed by atoms with van der Waals surface area (Å²) < 4.78 is 1.17. The van der Waals surface area contributed by atoms with Gasteiger partial charge in [0.25, 0.3) is 0 Å². The highest BCUT2D eigenvalue weighted by atomic mass is 35.5. The SMILES string of the molecule is OC(CN1CCc2ccccc2C1)c1csc2ccc(Cl)cc12. The Morgan fingerprint density at radius 1 is 1.17 bits per heavy atom. The van der Waals surface area contributed by atoms with E-state index in [9.17, 15) is 5.11 Å². The first-order valence-corrected chi connectivity index (χ1v) is 9.10. The van der Waals surface area contributed by atoms with E-state index < -0.39 is 6.10 Å². The molecule has 1 N–H and O–H groups in total. The van der Waals surface area contributed by atoms with Gasteiger partial charge in [0.05, 0.1) is 6.10 Å². The van der Waals surface area contributed by atoms with Crippen LogP contribution in [-0.4, -0.2) is 23.1 Å². The predicted molar refractivity (Wildman–Crippen MR) is 97.2 cm³/mol. The third-order valence-electron chi connectivity index (χ3n) is 4.57. The molecule has 0 fully saturated rings. The molecule has 1 aromatic heterocycles. The minimum Gasteiger partial charge on any atom is -0.387 e. The van der Waals surface area contributed by atoms with E-state index in [0.717, 1.165) is 35.5 Å². The lowest BCUT2D eigenvalue weighted by molar-refractivity contribution is 0.107. The first-order valence-electron chi connectivity index (χ1n) is 7.84. The lowest BCUT2D eigenvalue weighted by Gasteiger charge is -2.30. The van der Waals surface area contributed by atoms with Gasteiger partial charge < -0.3 is 5.11 Å². The van der Waals surface area contributed by atoms with Gasteiger partial charge in [0.1, 0.15) is 0 Å². The molecule has 0 saturated heterocycles. The minimum atomic E-state index is -0.479. The summed E-state index contributed by atoms with van der Waals surface area (Å²) in [6, 6.07) is 14.5. The van der Waals surface area contributed by atoms with E-state index in [1.807, 2.05) is 18.2 Å². The van der Waals surface area contributed by atoms with Crippen LogP contribution >= 0.6 is 22.9 Å². The molecule has 0 radical (unpaired) electrons. The second-order valence-corrected chi connectivity index (χ2v) is 7.45. The number of nitrogens with zero attached hydrogens (tertiary/aromatic N) is 1. The lowest BCUT2D eigenvalue weighted by atomic mass is 9.99. The van der Waals surface area contributed by atoms with Crippen molar-refractivity contribution in [1.29, 1.82) is 0 Å². The Bertz CT molecular complexity index is 844. The maximum absolute atomic E-state index is 10.7. The lowest BCUT2D eigenvalue weighted by Crippen LogP contribution is -2.33. The second-order valence-electron chi connectivity index (χ2n) is 6.10. The number of hydrogen-bond donors (Lipinski definition) is 1. The quantitative estimate of drug-likeness (QED) is 0.748. The zero-order valence-electron chi connectivity index (χ0n) is 12.7. The van der Waals surface area contributed by atoms with Crippen molar-refractivity contribution < 1.29 is 5.11 Å². The molecule has 2 heterocycles. The highest BCUT2D eigenvalue weighted by Crippen LogP contribution is 2.33. The van der Waals surface area contributed by atoms with Gasteiger partial charge in [-0.25, -0.2) is 0 Å². The number of fused-ring (bicyclic) bond motifs is 2. The third kappa shape index (κ3) is 3.02. The van der Waals surface area contributed by atoms with Crippen LogP contribution in [0, 0.1) is 0 Å². The molecule has 0 spiro atoms. The van der Waals surface area contributed by atoms with Crippen molar-refractivity contribution in [2.24, 2.45) is 0 Å². The molecule has 118 valence electrons. The van der Waals surface area contributed by atoms with Crippen molar-refractivity contribution in [1.82, 2.24) is 4.90 Å². The minimum absolute atomic E-state index is 0.479. The number of thiophene rings is 1. The van der Waals surface area contributed by atoms with Gasteiger partial charge in [0, 0.05) is 34.9 Å². The molecular weight excluding hydrogens is 326 g/mol. The highest BCUT2D eigenvalue weighted by molar-refractivity contribution is 7.17. The van der Waals surface area contributed by atoms with Crippen molar-refractivity contribution in [3.63, 3.8) is 0 Å². The number of β-amino-alcohol motifs (C(OH)–C–C–N with tert-alkyl or cyclic N) is 1. The van der Waals surface area contributed by atoms with E-state index in [1.54, 1.807) is 11.3 Å². The van der Waals surface area contributed by atoms with Gasteiger partial charge in [-0.05, 0) is 46.5 Å². The average molecular weight is 344 g/mol. The van der Waals surface area contributed by atoms with Gasteiger partial charge in [-0.15, -0.1) is 11.3 Å². The fourth-order valence-electron chi connectivity index (χ4n) is 3.33. The van der Waals surface area contributed by atoms with Crippen LogP contribution in [0.15, 0.2) is 47.8 Å². The van der Waals surface area contributed by atoms with E-state index in [2.05, 4.69) is 34.5 Å². The van der Waals surface area contributed by atoms with Crippen LogP contribution in [0.5, 0.6) is 0 Å². The number of aliphatic hydroxyl groups excluding tert-OH is 1. The molecule has 2 nitrogen and oxygen atoms in total. The van der Waals surface area contributed by atoms with E-state index >= 15 is 0 Å². The van der Waals surface area contributed by atoms with Crippen LogP contribution in [0.1, 0.15) is 22.8 Å². The maximum atomic E-state index is 10.7. The second kappa shape index (κ2) is 6.25. The Kier molecular flexibility index (Phi) is 4.12. The fraction of sp³-hybridized carbons (Fsp3) is 0.263. The molecule has 1 atom stereocenters. The Balaban J connectivity index is 1.54. The normalized spacial score (nSPS) is 16.4. The standard InChI is InChI=1S/C19H18ClNOS/c20-15-5-6-19-16(9-15)17(12-23-19)18(22)11-21-8-7-13-3-1-2-4-14(13)10-21/h1-6,9,12,18,22H,7-8,10-11H2. The van der Waals surface area contributed by atoms with E-state index in [-0.39, 0.29) is 0 Å². The zero-order chi connectivity index (χ0) is 15.8. The van der Waals surface area contributed by atoms with E-state index in [4.69, 9.17) is 11.6 Å². The summed E-state index contributed by atoms with van der Waals surface area (Å²) in [5, 5.41) is 14.6. The van der Waals surface area contributed by atoms with Gasteiger partial charge in [-0.2, -0.15) is 0 Å². The summed E-state index contributed by atoms with van der Waals surface area (Å²) in [5.41, 5.74) is 3.81. The summed E-state index contributed by atoms with van der Waals surface area (Å²) in [5.74, 6) is 0. The number of rotatable bonds is 3. The molecule has 1 aliphatic rings. The predicted octanol–water partition coefficient (Wildman–Crippen LogP) is 4.65. The van der Waals surface area contributed by atoms with Crippen LogP contribution in [0.3, 0.4) is 0 Å². The fourth-order valence-corrected chi connectivity index (χ4v) is 4.49. The number of halogens is 1. The van der Waals surface area contributed by atoms with Crippen LogP contribution in [0.25, 0.3) is 10.1 Å². The van der Waals surface area contributed by atoms with Crippen molar-refractivity contribution in [3.8, 4) is 0 Å². The first-order chi connectivity index (χ1) is 11.2. The van der Waals surface area contributed by atoms with Gasteiger partial charge in [-0.1, -0.05) is 35.9 Å². The molecule has 0 saturated carbocycles.